The van der Waals surface area contributed by atoms with Crippen molar-refractivity contribution in [1.29, 1.82) is 0 Å². The normalized spacial score (nSPS) is 24.6. The van der Waals surface area contributed by atoms with Gasteiger partial charge in [-0.25, -0.2) is 4.39 Å². The van der Waals surface area contributed by atoms with Crippen molar-refractivity contribution in [2.75, 3.05) is 7.11 Å². The molecular weight excluding hydrogens is 251 g/mol. The van der Waals surface area contributed by atoms with E-state index in [1.54, 1.807) is 12.1 Å². The van der Waals surface area contributed by atoms with Crippen LogP contribution in [0, 0.1) is 11.7 Å². The molecule has 0 saturated heterocycles. The third kappa shape index (κ3) is 3.61. The molecule has 3 heteroatoms. The summed E-state index contributed by atoms with van der Waals surface area (Å²) in [5, 5.41) is 0.292. The minimum absolute atomic E-state index is 0.272. The Bertz CT molecular complexity index is 394. The van der Waals surface area contributed by atoms with Crippen molar-refractivity contribution in [2.45, 2.75) is 43.9 Å². The quantitative estimate of drug-likeness (QED) is 0.578. The van der Waals surface area contributed by atoms with E-state index in [1.165, 1.54) is 26.4 Å². The van der Waals surface area contributed by atoms with Gasteiger partial charge in [-0.15, -0.1) is 11.6 Å². The molecule has 1 fully saturated rings. The molecule has 0 radical (unpaired) electrons. The van der Waals surface area contributed by atoms with Crippen LogP contribution in [0.4, 0.5) is 4.39 Å². The maximum absolute atomic E-state index is 13.6. The molecule has 18 heavy (non-hydrogen) atoms. The second-order valence-electron chi connectivity index (χ2n) is 5.16. The van der Waals surface area contributed by atoms with Crippen LogP contribution in [-0.4, -0.2) is 12.5 Å². The Morgan fingerprint density at radius 2 is 2.11 bits per heavy atom. The molecule has 1 aliphatic rings. The van der Waals surface area contributed by atoms with Crippen molar-refractivity contribution < 1.29 is 9.13 Å². The van der Waals surface area contributed by atoms with Gasteiger partial charge < -0.3 is 4.74 Å². The number of hydrogen-bond acceptors (Lipinski definition) is 1. The average molecular weight is 271 g/mol. The zero-order chi connectivity index (χ0) is 13.0. The van der Waals surface area contributed by atoms with E-state index in [2.05, 4.69) is 0 Å². The molecule has 0 spiro atoms. The lowest BCUT2D eigenvalue weighted by Crippen LogP contribution is -2.09. The molecule has 1 aromatic rings. The van der Waals surface area contributed by atoms with E-state index < -0.39 is 0 Å². The van der Waals surface area contributed by atoms with Gasteiger partial charge in [-0.2, -0.15) is 0 Å². The first kappa shape index (κ1) is 13.7. The van der Waals surface area contributed by atoms with Gasteiger partial charge in [0, 0.05) is 5.38 Å². The molecule has 0 amide bonds. The zero-order valence-electron chi connectivity index (χ0n) is 10.8. The lowest BCUT2D eigenvalue weighted by molar-refractivity contribution is 0.385. The monoisotopic (exact) mass is 270 g/mol. The standard InChI is InChI=1S/C15H20ClFO/c1-18-15-7-6-12(10-14(15)17)8-11-4-2-3-5-13(16)9-11/h6-7,10-11,13H,2-5,8-9H2,1H3. The second-order valence-corrected chi connectivity index (χ2v) is 5.77. The van der Waals surface area contributed by atoms with Gasteiger partial charge >= 0.3 is 0 Å². The number of rotatable bonds is 3. The van der Waals surface area contributed by atoms with Crippen LogP contribution < -0.4 is 4.74 Å². The molecule has 0 bridgehead atoms. The summed E-state index contributed by atoms with van der Waals surface area (Å²) in [5.41, 5.74) is 1.05. The Morgan fingerprint density at radius 3 is 2.83 bits per heavy atom. The number of halogens is 2. The Hall–Kier alpha value is -0.760. The largest absolute Gasteiger partial charge is 0.494 e. The van der Waals surface area contributed by atoms with Crippen molar-refractivity contribution in [1.82, 2.24) is 0 Å². The average Bonchev–Trinajstić information content (AvgIpc) is 2.54. The molecular formula is C15H20ClFO. The van der Waals surface area contributed by atoms with Gasteiger partial charge in [0.15, 0.2) is 11.6 Å². The molecule has 1 nitrogen and oxygen atoms in total. The second kappa shape index (κ2) is 6.42. The van der Waals surface area contributed by atoms with Crippen molar-refractivity contribution in [3.63, 3.8) is 0 Å². The molecule has 1 aliphatic carbocycles. The van der Waals surface area contributed by atoms with Crippen LogP contribution in [0.15, 0.2) is 18.2 Å². The van der Waals surface area contributed by atoms with Gasteiger partial charge in [-0.3, -0.25) is 0 Å². The molecule has 2 atom stereocenters. The Balaban J connectivity index is 2.01. The van der Waals surface area contributed by atoms with Crippen LogP contribution in [-0.2, 0) is 6.42 Å². The fourth-order valence-corrected chi connectivity index (χ4v) is 3.16. The molecule has 1 saturated carbocycles. The van der Waals surface area contributed by atoms with Gasteiger partial charge in [-0.1, -0.05) is 25.3 Å². The highest BCUT2D eigenvalue weighted by atomic mass is 35.5. The molecule has 2 unspecified atom stereocenters. The van der Waals surface area contributed by atoms with Gasteiger partial charge in [0.25, 0.3) is 0 Å². The summed E-state index contributed by atoms with van der Waals surface area (Å²) in [4.78, 5) is 0. The van der Waals surface area contributed by atoms with Crippen molar-refractivity contribution in [3.05, 3.63) is 29.6 Å². The van der Waals surface area contributed by atoms with Crippen molar-refractivity contribution >= 4 is 11.6 Å². The van der Waals surface area contributed by atoms with E-state index in [0.717, 1.165) is 24.8 Å². The number of benzene rings is 1. The number of hydrogen-bond donors (Lipinski definition) is 0. The van der Waals surface area contributed by atoms with Crippen molar-refractivity contribution in [3.8, 4) is 5.75 Å². The minimum Gasteiger partial charge on any atom is -0.494 e. The Kier molecular flexibility index (Phi) is 4.87. The first-order valence-electron chi connectivity index (χ1n) is 6.65. The summed E-state index contributed by atoms with van der Waals surface area (Å²) in [6, 6.07) is 5.25. The van der Waals surface area contributed by atoms with Crippen LogP contribution in [0.25, 0.3) is 0 Å². The topological polar surface area (TPSA) is 9.23 Å². The first-order valence-corrected chi connectivity index (χ1v) is 7.09. The summed E-state index contributed by atoms with van der Waals surface area (Å²) in [6.45, 7) is 0. The van der Waals surface area contributed by atoms with Crippen LogP contribution in [0.1, 0.15) is 37.7 Å². The molecule has 0 aliphatic heterocycles. The van der Waals surface area contributed by atoms with Gasteiger partial charge in [0.05, 0.1) is 7.11 Å². The van der Waals surface area contributed by atoms with E-state index in [4.69, 9.17) is 16.3 Å². The number of methoxy groups -OCH3 is 1. The predicted octanol–water partition coefficient (Wildman–Crippen LogP) is 4.56. The van der Waals surface area contributed by atoms with E-state index in [0.29, 0.717) is 17.0 Å². The van der Waals surface area contributed by atoms with E-state index in [-0.39, 0.29) is 5.82 Å². The summed E-state index contributed by atoms with van der Waals surface area (Å²) >= 11 is 6.27. The summed E-state index contributed by atoms with van der Waals surface area (Å²) in [6.07, 6.45) is 6.76. The zero-order valence-corrected chi connectivity index (χ0v) is 11.5. The number of ether oxygens (including phenoxy) is 1. The lowest BCUT2D eigenvalue weighted by atomic mass is 9.92. The highest BCUT2D eigenvalue weighted by Crippen LogP contribution is 2.30. The van der Waals surface area contributed by atoms with Crippen LogP contribution in [0.3, 0.4) is 0 Å². The molecule has 2 rings (SSSR count). The fraction of sp³-hybridized carbons (Fsp3) is 0.600. The van der Waals surface area contributed by atoms with E-state index >= 15 is 0 Å². The Morgan fingerprint density at radius 1 is 1.33 bits per heavy atom. The predicted molar refractivity (Wildman–Crippen MR) is 72.9 cm³/mol. The number of alkyl halides is 1. The molecule has 0 heterocycles. The molecule has 0 N–H and O–H groups in total. The Labute approximate surface area is 113 Å². The van der Waals surface area contributed by atoms with E-state index in [1.807, 2.05) is 6.07 Å². The fourth-order valence-electron chi connectivity index (χ4n) is 2.75. The SMILES string of the molecule is COc1ccc(CC2CCCCC(Cl)C2)cc1F. The summed E-state index contributed by atoms with van der Waals surface area (Å²) < 4.78 is 18.5. The van der Waals surface area contributed by atoms with Gasteiger partial charge in [0.1, 0.15) is 0 Å². The minimum atomic E-state index is -0.272. The van der Waals surface area contributed by atoms with Crippen molar-refractivity contribution in [2.24, 2.45) is 5.92 Å². The maximum Gasteiger partial charge on any atom is 0.165 e. The summed E-state index contributed by atoms with van der Waals surface area (Å²) in [7, 11) is 1.49. The van der Waals surface area contributed by atoms with E-state index in [9.17, 15) is 4.39 Å². The molecule has 100 valence electrons. The highest BCUT2D eigenvalue weighted by Gasteiger charge is 2.19. The van der Waals surface area contributed by atoms with Crippen LogP contribution in [0.5, 0.6) is 5.75 Å². The lowest BCUT2D eigenvalue weighted by Gasteiger charge is -2.16. The molecule has 1 aromatic carbocycles. The summed E-state index contributed by atoms with van der Waals surface area (Å²) in [5.74, 6) is 0.628. The van der Waals surface area contributed by atoms with Crippen LogP contribution in [0.2, 0.25) is 0 Å². The maximum atomic E-state index is 13.6. The first-order chi connectivity index (χ1) is 8.69. The smallest absolute Gasteiger partial charge is 0.165 e. The third-order valence-electron chi connectivity index (χ3n) is 3.71. The van der Waals surface area contributed by atoms with Gasteiger partial charge in [-0.05, 0) is 42.9 Å². The van der Waals surface area contributed by atoms with Gasteiger partial charge in [0.2, 0.25) is 0 Å². The van der Waals surface area contributed by atoms with Crippen LogP contribution >= 0.6 is 11.6 Å². The third-order valence-corrected chi connectivity index (χ3v) is 4.11. The highest BCUT2D eigenvalue weighted by molar-refractivity contribution is 6.20. The molecule has 0 aromatic heterocycles.